The topological polar surface area (TPSA) is 99.1 Å². The predicted octanol–water partition coefficient (Wildman–Crippen LogP) is 3.20. The van der Waals surface area contributed by atoms with Gasteiger partial charge < -0.3 is 19.3 Å². The van der Waals surface area contributed by atoms with Gasteiger partial charge in [0.25, 0.3) is 5.79 Å². The van der Waals surface area contributed by atoms with Crippen LogP contribution in [0.5, 0.6) is 5.75 Å². The summed E-state index contributed by atoms with van der Waals surface area (Å²) in [4.78, 5) is 36.0. The number of phenols is 1. The van der Waals surface area contributed by atoms with Crippen molar-refractivity contribution >= 4 is 24.0 Å². The zero-order valence-corrected chi connectivity index (χ0v) is 15.8. The van der Waals surface area contributed by atoms with Gasteiger partial charge in [-0.3, -0.25) is 0 Å². The molecule has 0 aliphatic carbocycles. The number of ether oxygens (including phenoxy) is 3. The van der Waals surface area contributed by atoms with Crippen molar-refractivity contribution in [3.8, 4) is 16.9 Å². The molecule has 1 heterocycles. The van der Waals surface area contributed by atoms with Crippen LogP contribution in [0, 0.1) is 5.82 Å². The Morgan fingerprint density at radius 1 is 1.10 bits per heavy atom. The van der Waals surface area contributed by atoms with Crippen molar-refractivity contribution in [1.29, 1.82) is 0 Å². The van der Waals surface area contributed by atoms with E-state index in [9.17, 15) is 23.9 Å². The molecule has 1 N–H and O–H groups in total. The zero-order valence-electron chi connectivity index (χ0n) is 15.8. The van der Waals surface area contributed by atoms with E-state index in [1.807, 2.05) is 0 Å². The van der Waals surface area contributed by atoms with Crippen molar-refractivity contribution < 1.29 is 38.1 Å². The maximum absolute atomic E-state index is 14.4. The van der Waals surface area contributed by atoms with Gasteiger partial charge in [0, 0.05) is 30.5 Å². The van der Waals surface area contributed by atoms with Gasteiger partial charge in [0.05, 0.1) is 12.7 Å². The van der Waals surface area contributed by atoms with Crippen LogP contribution in [-0.4, -0.2) is 35.9 Å². The molecule has 0 atom stereocenters. The van der Waals surface area contributed by atoms with E-state index in [1.54, 1.807) is 0 Å². The Morgan fingerprint density at radius 3 is 2.38 bits per heavy atom. The molecule has 0 radical (unpaired) electrons. The Kier molecular flexibility index (Phi) is 5.11. The third-order valence-corrected chi connectivity index (χ3v) is 4.16. The fraction of sp³-hybridized carbons (Fsp3) is 0.190. The van der Waals surface area contributed by atoms with Crippen molar-refractivity contribution in [2.75, 3.05) is 7.11 Å². The summed E-state index contributed by atoms with van der Waals surface area (Å²) in [6, 6.07) is 7.91. The molecule has 0 saturated carbocycles. The molecule has 1 saturated heterocycles. The van der Waals surface area contributed by atoms with E-state index in [-0.39, 0.29) is 22.3 Å². The van der Waals surface area contributed by atoms with Crippen molar-refractivity contribution in [3.05, 3.63) is 58.9 Å². The first-order valence-corrected chi connectivity index (χ1v) is 8.51. The van der Waals surface area contributed by atoms with Gasteiger partial charge in [-0.2, -0.15) is 0 Å². The quantitative estimate of drug-likeness (QED) is 0.480. The first-order valence-electron chi connectivity index (χ1n) is 8.51. The number of cyclic esters (lactones) is 2. The van der Waals surface area contributed by atoms with Crippen molar-refractivity contribution in [3.63, 3.8) is 0 Å². The molecule has 2 aromatic carbocycles. The Bertz CT molecular complexity index is 1030. The first-order chi connectivity index (χ1) is 13.6. The van der Waals surface area contributed by atoms with Crippen LogP contribution in [0.1, 0.15) is 29.8 Å². The Morgan fingerprint density at radius 2 is 1.76 bits per heavy atom. The second kappa shape index (κ2) is 7.38. The molecule has 1 aliphatic heterocycles. The lowest BCUT2D eigenvalue weighted by Crippen LogP contribution is -2.41. The minimum atomic E-state index is -1.40. The number of para-hydroxylation sites is 1. The summed E-state index contributed by atoms with van der Waals surface area (Å²) >= 11 is 0. The number of hydrogen-bond acceptors (Lipinski definition) is 7. The van der Waals surface area contributed by atoms with Gasteiger partial charge in [0.15, 0.2) is 0 Å². The van der Waals surface area contributed by atoms with Gasteiger partial charge in [-0.15, -0.1) is 0 Å². The largest absolute Gasteiger partial charge is 0.507 e. The number of aromatic hydroxyl groups is 1. The number of phenolic OH excluding ortho intramolecular Hbond substituents is 1. The lowest BCUT2D eigenvalue weighted by Gasteiger charge is -2.29. The van der Waals surface area contributed by atoms with Gasteiger partial charge in [0.1, 0.15) is 17.1 Å². The first kappa shape index (κ1) is 20.1. The second-order valence-corrected chi connectivity index (χ2v) is 6.67. The van der Waals surface area contributed by atoms with Gasteiger partial charge in [-0.05, 0) is 24.3 Å². The maximum Gasteiger partial charge on any atom is 0.348 e. The molecule has 3 rings (SSSR count). The molecular formula is C21H17FO7. The molecule has 0 unspecified atom stereocenters. The molecule has 1 aliphatic rings. The summed E-state index contributed by atoms with van der Waals surface area (Å²) < 4.78 is 29.0. The van der Waals surface area contributed by atoms with E-state index in [1.165, 1.54) is 51.3 Å². The van der Waals surface area contributed by atoms with Crippen molar-refractivity contribution in [1.82, 2.24) is 0 Å². The molecule has 0 spiro atoms. The number of esters is 3. The SMILES string of the molecule is COC(=O)c1ccc(F)c(-c2cccc(C=C3C(=O)OC(C)(C)OC3=O)c2O)c1. The van der Waals surface area contributed by atoms with E-state index in [0.717, 1.165) is 12.1 Å². The Hall–Kier alpha value is -3.68. The number of carbonyl (C=O) groups is 3. The summed E-state index contributed by atoms with van der Waals surface area (Å²) in [7, 11) is 1.19. The highest BCUT2D eigenvalue weighted by Gasteiger charge is 2.39. The minimum absolute atomic E-state index is 0.0550. The molecule has 7 nitrogen and oxygen atoms in total. The van der Waals surface area contributed by atoms with Crippen molar-refractivity contribution in [2.45, 2.75) is 19.6 Å². The van der Waals surface area contributed by atoms with E-state index in [0.29, 0.717) is 0 Å². The Labute approximate surface area is 165 Å². The van der Waals surface area contributed by atoms with E-state index in [4.69, 9.17) is 9.47 Å². The number of carbonyl (C=O) groups excluding carboxylic acids is 3. The maximum atomic E-state index is 14.4. The number of rotatable bonds is 3. The third kappa shape index (κ3) is 3.96. The van der Waals surface area contributed by atoms with Crippen LogP contribution < -0.4 is 0 Å². The monoisotopic (exact) mass is 400 g/mol. The Balaban J connectivity index is 2.07. The molecule has 0 bridgehead atoms. The van der Waals surface area contributed by atoms with Crippen LogP contribution in [0.3, 0.4) is 0 Å². The summed E-state index contributed by atoms with van der Waals surface area (Å²) in [6.07, 6.45) is 1.10. The minimum Gasteiger partial charge on any atom is -0.507 e. The number of hydrogen-bond donors (Lipinski definition) is 1. The fourth-order valence-electron chi connectivity index (χ4n) is 2.81. The highest BCUT2D eigenvalue weighted by molar-refractivity contribution is 6.19. The molecule has 29 heavy (non-hydrogen) atoms. The van der Waals surface area contributed by atoms with Crippen LogP contribution in [0.4, 0.5) is 4.39 Å². The van der Waals surface area contributed by atoms with E-state index >= 15 is 0 Å². The summed E-state index contributed by atoms with van der Waals surface area (Å²) in [5, 5.41) is 10.6. The molecular weight excluding hydrogens is 383 g/mol. The number of methoxy groups -OCH3 is 1. The normalized spacial score (nSPS) is 15.4. The third-order valence-electron chi connectivity index (χ3n) is 4.16. The average Bonchev–Trinajstić information content (AvgIpc) is 2.65. The smallest absolute Gasteiger partial charge is 0.348 e. The molecule has 150 valence electrons. The van der Waals surface area contributed by atoms with Crippen LogP contribution in [-0.2, 0) is 23.8 Å². The van der Waals surface area contributed by atoms with Gasteiger partial charge in [0.2, 0.25) is 0 Å². The van der Waals surface area contributed by atoms with Crippen LogP contribution in [0.25, 0.3) is 17.2 Å². The number of halogens is 1. The lowest BCUT2D eigenvalue weighted by molar-refractivity contribution is -0.222. The average molecular weight is 400 g/mol. The molecule has 0 aromatic heterocycles. The summed E-state index contributed by atoms with van der Waals surface area (Å²) in [5.74, 6) is -4.96. The summed E-state index contributed by atoms with van der Waals surface area (Å²) in [5.41, 5.74) is -0.260. The van der Waals surface area contributed by atoms with Gasteiger partial charge in [-0.25, -0.2) is 18.8 Å². The zero-order chi connectivity index (χ0) is 21.3. The standard InChI is InChI=1S/C21H17FO7/c1-21(2)28-19(25)15(20(26)29-21)9-11-5-4-6-13(17(11)23)14-10-12(18(24)27-3)7-8-16(14)22/h4-10,23H,1-3H3. The molecule has 2 aromatic rings. The van der Waals surface area contributed by atoms with E-state index in [2.05, 4.69) is 4.74 Å². The fourth-order valence-corrected chi connectivity index (χ4v) is 2.81. The highest BCUT2D eigenvalue weighted by Crippen LogP contribution is 2.36. The van der Waals surface area contributed by atoms with Crippen molar-refractivity contribution in [2.24, 2.45) is 0 Å². The van der Waals surface area contributed by atoms with Crippen LogP contribution >= 0.6 is 0 Å². The molecule has 1 fully saturated rings. The summed E-state index contributed by atoms with van der Waals surface area (Å²) in [6.45, 7) is 2.82. The lowest BCUT2D eigenvalue weighted by atomic mass is 9.98. The highest BCUT2D eigenvalue weighted by atomic mass is 19.1. The molecule has 0 amide bonds. The van der Waals surface area contributed by atoms with Crippen LogP contribution in [0.2, 0.25) is 0 Å². The van der Waals surface area contributed by atoms with E-state index < -0.39 is 40.8 Å². The molecule has 8 heteroatoms. The van der Waals surface area contributed by atoms with Gasteiger partial charge in [-0.1, -0.05) is 18.2 Å². The second-order valence-electron chi connectivity index (χ2n) is 6.67. The number of benzene rings is 2. The van der Waals surface area contributed by atoms with Gasteiger partial charge >= 0.3 is 17.9 Å². The predicted molar refractivity (Wildman–Crippen MR) is 99.1 cm³/mol. The van der Waals surface area contributed by atoms with Crippen LogP contribution in [0.15, 0.2) is 42.0 Å².